The Balaban J connectivity index is 2.06. The molecule has 1 heterocycles. The van der Waals surface area contributed by atoms with Crippen molar-refractivity contribution < 1.29 is 9.63 Å². The average molecular weight is 261 g/mol. The van der Waals surface area contributed by atoms with Crippen LogP contribution in [0.4, 0.5) is 0 Å². The summed E-state index contributed by atoms with van der Waals surface area (Å²) in [5.74, 6) is 1.67. The lowest BCUT2D eigenvalue weighted by Crippen LogP contribution is -2.12. The lowest BCUT2D eigenvalue weighted by Gasteiger charge is -2.06. The van der Waals surface area contributed by atoms with Crippen LogP contribution in [0.2, 0.25) is 0 Å². The van der Waals surface area contributed by atoms with Gasteiger partial charge in [0.25, 0.3) is 0 Å². The Morgan fingerprint density at radius 1 is 1.32 bits per heavy atom. The SMILES string of the molecule is CCCC(CN)c1nc(Cc2ccc(O)cc2)no1. The van der Waals surface area contributed by atoms with Crippen LogP contribution in [0.5, 0.6) is 5.75 Å². The first-order valence-electron chi connectivity index (χ1n) is 6.53. The van der Waals surface area contributed by atoms with E-state index in [9.17, 15) is 5.11 Å². The molecule has 2 rings (SSSR count). The third-order valence-electron chi connectivity index (χ3n) is 3.05. The molecule has 0 amide bonds. The number of benzene rings is 1. The molecule has 0 spiro atoms. The van der Waals surface area contributed by atoms with E-state index in [1.807, 2.05) is 12.1 Å². The zero-order valence-corrected chi connectivity index (χ0v) is 11.0. The summed E-state index contributed by atoms with van der Waals surface area (Å²) in [6, 6.07) is 6.99. The van der Waals surface area contributed by atoms with Gasteiger partial charge in [0.2, 0.25) is 5.89 Å². The molecule has 0 saturated carbocycles. The second-order valence-corrected chi connectivity index (χ2v) is 4.61. The Morgan fingerprint density at radius 2 is 2.05 bits per heavy atom. The van der Waals surface area contributed by atoms with Crippen LogP contribution < -0.4 is 5.73 Å². The van der Waals surface area contributed by atoms with Crippen LogP contribution in [0, 0.1) is 0 Å². The molecular formula is C14H19N3O2. The molecule has 0 saturated heterocycles. The highest BCUT2D eigenvalue weighted by molar-refractivity contribution is 5.27. The second-order valence-electron chi connectivity index (χ2n) is 4.61. The molecule has 5 heteroatoms. The van der Waals surface area contributed by atoms with Gasteiger partial charge in [-0.1, -0.05) is 30.6 Å². The first-order chi connectivity index (χ1) is 9.22. The van der Waals surface area contributed by atoms with E-state index < -0.39 is 0 Å². The van der Waals surface area contributed by atoms with E-state index in [0.717, 1.165) is 18.4 Å². The number of rotatable bonds is 6. The van der Waals surface area contributed by atoms with Gasteiger partial charge < -0.3 is 15.4 Å². The first-order valence-corrected chi connectivity index (χ1v) is 6.53. The van der Waals surface area contributed by atoms with E-state index in [4.69, 9.17) is 10.3 Å². The fraction of sp³-hybridized carbons (Fsp3) is 0.429. The molecule has 0 fully saturated rings. The largest absolute Gasteiger partial charge is 0.508 e. The van der Waals surface area contributed by atoms with Crippen LogP contribution >= 0.6 is 0 Å². The number of aromatic hydroxyl groups is 1. The Labute approximate surface area is 112 Å². The molecule has 0 aliphatic carbocycles. The van der Waals surface area contributed by atoms with Gasteiger partial charge in [-0.15, -0.1) is 0 Å². The van der Waals surface area contributed by atoms with E-state index in [2.05, 4.69) is 17.1 Å². The van der Waals surface area contributed by atoms with E-state index in [1.54, 1.807) is 12.1 Å². The van der Waals surface area contributed by atoms with Crippen LogP contribution in [0.1, 0.15) is 43.0 Å². The maximum atomic E-state index is 9.23. The van der Waals surface area contributed by atoms with Crippen molar-refractivity contribution in [1.29, 1.82) is 0 Å². The Bertz CT molecular complexity index is 508. The summed E-state index contributed by atoms with van der Waals surface area (Å²) < 4.78 is 5.28. The standard InChI is InChI=1S/C14H19N3O2/c1-2-3-11(9-15)14-16-13(17-19-14)8-10-4-6-12(18)7-5-10/h4-7,11,18H,2-3,8-9,15H2,1H3. The number of phenolic OH excluding ortho intramolecular Hbond substituents is 1. The van der Waals surface area contributed by atoms with Gasteiger partial charge in [-0.05, 0) is 24.1 Å². The Morgan fingerprint density at radius 3 is 2.68 bits per heavy atom. The molecule has 0 radical (unpaired) electrons. The lowest BCUT2D eigenvalue weighted by molar-refractivity contribution is 0.344. The van der Waals surface area contributed by atoms with Crippen molar-refractivity contribution >= 4 is 0 Å². The third-order valence-corrected chi connectivity index (χ3v) is 3.05. The molecular weight excluding hydrogens is 242 g/mol. The monoisotopic (exact) mass is 261 g/mol. The zero-order valence-electron chi connectivity index (χ0n) is 11.0. The van der Waals surface area contributed by atoms with Crippen LogP contribution in [0.15, 0.2) is 28.8 Å². The Kier molecular flexibility index (Phi) is 4.52. The first kappa shape index (κ1) is 13.5. The molecule has 1 unspecified atom stereocenters. The average Bonchev–Trinajstić information content (AvgIpc) is 2.87. The number of nitrogens with zero attached hydrogens (tertiary/aromatic N) is 2. The second kappa shape index (κ2) is 6.33. The summed E-state index contributed by atoms with van der Waals surface area (Å²) in [5.41, 5.74) is 6.75. The molecule has 5 nitrogen and oxygen atoms in total. The normalized spacial score (nSPS) is 12.5. The fourth-order valence-electron chi connectivity index (χ4n) is 1.99. The summed E-state index contributed by atoms with van der Waals surface area (Å²) in [4.78, 5) is 4.40. The van der Waals surface area contributed by atoms with E-state index in [1.165, 1.54) is 0 Å². The van der Waals surface area contributed by atoms with E-state index in [-0.39, 0.29) is 11.7 Å². The fourth-order valence-corrected chi connectivity index (χ4v) is 1.99. The van der Waals surface area contributed by atoms with Crippen LogP contribution in [-0.4, -0.2) is 21.8 Å². The zero-order chi connectivity index (χ0) is 13.7. The molecule has 0 aliphatic heterocycles. The molecule has 1 atom stereocenters. The van der Waals surface area contributed by atoms with Gasteiger partial charge in [0.05, 0.1) is 5.92 Å². The number of hydrogen-bond acceptors (Lipinski definition) is 5. The van der Waals surface area contributed by atoms with Crippen LogP contribution in [0.25, 0.3) is 0 Å². The summed E-state index contributed by atoms with van der Waals surface area (Å²) in [6.07, 6.45) is 2.59. The molecule has 2 aromatic rings. The van der Waals surface area contributed by atoms with Crippen molar-refractivity contribution in [2.75, 3.05) is 6.54 Å². The summed E-state index contributed by atoms with van der Waals surface area (Å²) in [6.45, 7) is 2.63. The van der Waals surface area contributed by atoms with E-state index in [0.29, 0.717) is 24.7 Å². The van der Waals surface area contributed by atoms with Gasteiger partial charge in [0.15, 0.2) is 5.82 Å². The van der Waals surface area contributed by atoms with Crippen molar-refractivity contribution in [1.82, 2.24) is 10.1 Å². The summed E-state index contributed by atoms with van der Waals surface area (Å²) in [5, 5.41) is 13.2. The van der Waals surface area contributed by atoms with Crippen LogP contribution in [-0.2, 0) is 6.42 Å². The maximum Gasteiger partial charge on any atom is 0.231 e. The molecule has 1 aromatic heterocycles. The lowest BCUT2D eigenvalue weighted by atomic mass is 10.0. The molecule has 0 bridgehead atoms. The van der Waals surface area contributed by atoms with Crippen molar-refractivity contribution in [3.63, 3.8) is 0 Å². The summed E-state index contributed by atoms with van der Waals surface area (Å²) in [7, 11) is 0. The van der Waals surface area contributed by atoms with Crippen molar-refractivity contribution in [2.24, 2.45) is 5.73 Å². The van der Waals surface area contributed by atoms with E-state index >= 15 is 0 Å². The predicted octanol–water partition coefficient (Wildman–Crippen LogP) is 2.21. The van der Waals surface area contributed by atoms with Gasteiger partial charge in [-0.2, -0.15) is 4.98 Å². The minimum atomic E-state index is 0.145. The Hall–Kier alpha value is -1.88. The molecule has 19 heavy (non-hydrogen) atoms. The van der Waals surface area contributed by atoms with Gasteiger partial charge in [0.1, 0.15) is 5.75 Å². The van der Waals surface area contributed by atoms with Crippen molar-refractivity contribution in [3.8, 4) is 5.75 Å². The van der Waals surface area contributed by atoms with Crippen molar-refractivity contribution in [3.05, 3.63) is 41.5 Å². The molecule has 102 valence electrons. The van der Waals surface area contributed by atoms with Gasteiger partial charge >= 0.3 is 0 Å². The highest BCUT2D eigenvalue weighted by Gasteiger charge is 2.16. The molecule has 3 N–H and O–H groups in total. The number of phenols is 1. The molecule has 1 aromatic carbocycles. The minimum absolute atomic E-state index is 0.145. The maximum absolute atomic E-state index is 9.23. The number of hydrogen-bond donors (Lipinski definition) is 2. The minimum Gasteiger partial charge on any atom is -0.508 e. The highest BCUT2D eigenvalue weighted by Crippen LogP contribution is 2.19. The molecule has 0 aliphatic rings. The van der Waals surface area contributed by atoms with Gasteiger partial charge in [-0.25, -0.2) is 0 Å². The number of nitrogens with two attached hydrogens (primary N) is 1. The smallest absolute Gasteiger partial charge is 0.231 e. The quantitative estimate of drug-likeness (QED) is 0.832. The van der Waals surface area contributed by atoms with Gasteiger partial charge in [-0.3, -0.25) is 0 Å². The van der Waals surface area contributed by atoms with Crippen molar-refractivity contribution in [2.45, 2.75) is 32.1 Å². The third kappa shape index (κ3) is 3.54. The number of aromatic nitrogens is 2. The highest BCUT2D eigenvalue weighted by atomic mass is 16.5. The van der Waals surface area contributed by atoms with Gasteiger partial charge in [0, 0.05) is 13.0 Å². The summed E-state index contributed by atoms with van der Waals surface area (Å²) >= 11 is 0. The van der Waals surface area contributed by atoms with Crippen LogP contribution in [0.3, 0.4) is 0 Å². The topological polar surface area (TPSA) is 85.2 Å². The predicted molar refractivity (Wildman–Crippen MR) is 71.9 cm³/mol.